The summed E-state index contributed by atoms with van der Waals surface area (Å²) in [5, 5.41) is 5.64. The summed E-state index contributed by atoms with van der Waals surface area (Å²) in [5.41, 5.74) is 0.376. The van der Waals surface area contributed by atoms with Crippen LogP contribution >= 0.6 is 11.3 Å². The molecule has 0 aliphatic carbocycles. The summed E-state index contributed by atoms with van der Waals surface area (Å²) in [4.78, 5) is 25.1. The minimum absolute atomic E-state index is 0.0898. The van der Waals surface area contributed by atoms with Crippen LogP contribution in [0.15, 0.2) is 18.2 Å². The molecule has 2 rings (SSSR count). The summed E-state index contributed by atoms with van der Waals surface area (Å²) >= 11 is 1.28. The van der Waals surface area contributed by atoms with Gasteiger partial charge in [-0.25, -0.2) is 13.6 Å². The van der Waals surface area contributed by atoms with E-state index in [-0.39, 0.29) is 24.4 Å². The maximum absolute atomic E-state index is 13.7. The minimum Gasteiger partial charge on any atom is -0.491 e. The zero-order chi connectivity index (χ0) is 20.0. The summed E-state index contributed by atoms with van der Waals surface area (Å²) in [6.45, 7) is 3.60. The van der Waals surface area contributed by atoms with Gasteiger partial charge in [0, 0.05) is 22.7 Å². The summed E-state index contributed by atoms with van der Waals surface area (Å²) in [5.74, 6) is -3.24. The van der Waals surface area contributed by atoms with Gasteiger partial charge in [0.15, 0.2) is 17.4 Å². The van der Waals surface area contributed by atoms with Gasteiger partial charge in [0.2, 0.25) is 5.91 Å². The Morgan fingerprint density at radius 1 is 1.15 bits per heavy atom. The zero-order valence-corrected chi connectivity index (χ0v) is 16.0. The highest BCUT2D eigenvalue weighted by Gasteiger charge is 2.19. The molecular weight excluding hydrogens is 378 g/mol. The number of benzene rings is 1. The van der Waals surface area contributed by atoms with Crippen molar-refractivity contribution in [1.29, 1.82) is 0 Å². The van der Waals surface area contributed by atoms with Crippen LogP contribution in [0, 0.1) is 11.6 Å². The maximum Gasteiger partial charge on any atom is 0.341 e. The number of aryl methyl sites for hydroxylation is 1. The first-order valence-corrected chi connectivity index (χ1v) is 9.07. The lowest BCUT2D eigenvalue weighted by molar-refractivity contribution is -0.114. The van der Waals surface area contributed by atoms with E-state index in [9.17, 15) is 18.4 Å². The monoisotopic (exact) mass is 398 g/mol. The first-order valence-electron chi connectivity index (χ1n) is 8.26. The van der Waals surface area contributed by atoms with Gasteiger partial charge >= 0.3 is 5.97 Å². The molecule has 9 heteroatoms. The lowest BCUT2D eigenvalue weighted by Crippen LogP contribution is -2.22. The Hall–Kier alpha value is -2.68. The van der Waals surface area contributed by atoms with E-state index < -0.39 is 29.3 Å². The molecule has 0 aliphatic heterocycles. The van der Waals surface area contributed by atoms with Gasteiger partial charge in [-0.2, -0.15) is 0 Å². The zero-order valence-electron chi connectivity index (χ0n) is 15.2. The molecule has 1 aromatic carbocycles. The molecule has 1 heterocycles. The third-order valence-corrected chi connectivity index (χ3v) is 4.73. The van der Waals surface area contributed by atoms with E-state index in [0.717, 1.165) is 24.1 Å². The summed E-state index contributed by atoms with van der Waals surface area (Å²) in [6, 6.07) is 3.74. The van der Waals surface area contributed by atoms with E-state index in [1.165, 1.54) is 11.3 Å². The lowest BCUT2D eigenvalue weighted by Gasteiger charge is -2.10. The molecule has 146 valence electrons. The van der Waals surface area contributed by atoms with Gasteiger partial charge in [0.25, 0.3) is 0 Å². The molecule has 0 fully saturated rings. The van der Waals surface area contributed by atoms with Crippen LogP contribution in [-0.2, 0) is 16.0 Å². The van der Waals surface area contributed by atoms with Crippen molar-refractivity contribution in [3.05, 3.63) is 40.3 Å². The highest BCUT2D eigenvalue weighted by molar-refractivity contribution is 7.16. The van der Waals surface area contributed by atoms with E-state index in [2.05, 4.69) is 15.4 Å². The number of halogens is 2. The number of esters is 1. The summed E-state index contributed by atoms with van der Waals surface area (Å²) in [7, 11) is 1.16. The third kappa shape index (κ3) is 5.16. The first kappa shape index (κ1) is 20.6. The predicted molar refractivity (Wildman–Crippen MR) is 99.7 cm³/mol. The van der Waals surface area contributed by atoms with Gasteiger partial charge in [0.1, 0.15) is 5.00 Å². The summed E-state index contributed by atoms with van der Waals surface area (Å²) < 4.78 is 37.0. The largest absolute Gasteiger partial charge is 0.491 e. The molecule has 0 saturated heterocycles. The molecule has 0 spiro atoms. The molecule has 6 nitrogen and oxygen atoms in total. The minimum atomic E-state index is -0.879. The number of ether oxygens (including phenoxy) is 2. The molecule has 27 heavy (non-hydrogen) atoms. The standard InChI is InChI=1S/C18H20F2N2O4S/c1-4-11-8-12(18(24)26-5-2)17(27-11)22-15(23)9-21-10-6-13(19)16(25-3)14(20)7-10/h6-8,21H,4-5,9H2,1-3H3,(H,22,23). The second kappa shape index (κ2) is 9.31. The molecule has 0 bridgehead atoms. The Kier molecular flexibility index (Phi) is 7.12. The van der Waals surface area contributed by atoms with Crippen molar-refractivity contribution in [1.82, 2.24) is 0 Å². The van der Waals surface area contributed by atoms with Crippen molar-refractivity contribution in [3.63, 3.8) is 0 Å². The number of rotatable bonds is 8. The Bertz CT molecular complexity index is 816. The number of thiophene rings is 1. The van der Waals surface area contributed by atoms with Gasteiger partial charge in [-0.05, 0) is 19.4 Å². The van der Waals surface area contributed by atoms with E-state index in [1.54, 1.807) is 13.0 Å². The lowest BCUT2D eigenvalue weighted by atomic mass is 10.2. The molecule has 0 radical (unpaired) electrons. The highest BCUT2D eigenvalue weighted by atomic mass is 32.1. The molecule has 1 aromatic heterocycles. The average molecular weight is 398 g/mol. The number of methoxy groups -OCH3 is 1. The fourth-order valence-electron chi connectivity index (χ4n) is 2.28. The van der Waals surface area contributed by atoms with Crippen LogP contribution in [0.1, 0.15) is 29.1 Å². The smallest absolute Gasteiger partial charge is 0.341 e. The van der Waals surface area contributed by atoms with Crippen LogP contribution in [0.25, 0.3) is 0 Å². The highest BCUT2D eigenvalue weighted by Crippen LogP contribution is 2.29. The summed E-state index contributed by atoms with van der Waals surface area (Å²) in [6.07, 6.45) is 0.704. The van der Waals surface area contributed by atoms with Crippen molar-refractivity contribution in [3.8, 4) is 5.75 Å². The molecule has 0 unspecified atom stereocenters. The molecule has 2 aromatic rings. The Morgan fingerprint density at radius 2 is 1.81 bits per heavy atom. The van der Waals surface area contributed by atoms with Crippen molar-refractivity contribution >= 4 is 33.9 Å². The second-order valence-electron chi connectivity index (χ2n) is 5.40. The van der Waals surface area contributed by atoms with Crippen LogP contribution in [0.3, 0.4) is 0 Å². The Morgan fingerprint density at radius 3 is 2.37 bits per heavy atom. The van der Waals surface area contributed by atoms with Crippen LogP contribution in [0.5, 0.6) is 5.75 Å². The van der Waals surface area contributed by atoms with Crippen molar-refractivity contribution in [2.45, 2.75) is 20.3 Å². The van der Waals surface area contributed by atoms with Gasteiger partial charge in [0.05, 0.1) is 25.8 Å². The van der Waals surface area contributed by atoms with Crippen molar-refractivity contribution in [2.24, 2.45) is 0 Å². The Labute approximate surface area is 159 Å². The number of amides is 1. The molecular formula is C18H20F2N2O4S. The van der Waals surface area contributed by atoms with Crippen molar-refractivity contribution in [2.75, 3.05) is 30.9 Å². The fraction of sp³-hybridized carbons (Fsp3) is 0.333. The Balaban J connectivity index is 2.06. The quantitative estimate of drug-likeness (QED) is 0.661. The van der Waals surface area contributed by atoms with Crippen LogP contribution in [-0.4, -0.2) is 32.1 Å². The number of hydrogen-bond donors (Lipinski definition) is 2. The van der Waals surface area contributed by atoms with Crippen molar-refractivity contribution < 1.29 is 27.8 Å². The number of carbonyl (C=O) groups excluding carboxylic acids is 2. The topological polar surface area (TPSA) is 76.7 Å². The molecule has 2 N–H and O–H groups in total. The molecule has 1 amide bonds. The third-order valence-electron chi connectivity index (χ3n) is 3.54. The second-order valence-corrected chi connectivity index (χ2v) is 6.54. The van der Waals surface area contributed by atoms with Gasteiger partial charge in [-0.15, -0.1) is 11.3 Å². The normalized spacial score (nSPS) is 10.4. The molecule has 0 atom stereocenters. The maximum atomic E-state index is 13.7. The number of anilines is 2. The van der Waals surface area contributed by atoms with Crippen LogP contribution in [0.2, 0.25) is 0 Å². The average Bonchev–Trinajstić information content (AvgIpc) is 3.03. The van der Waals surface area contributed by atoms with E-state index in [4.69, 9.17) is 4.74 Å². The van der Waals surface area contributed by atoms with Crippen LogP contribution < -0.4 is 15.4 Å². The molecule has 0 aliphatic rings. The number of carbonyl (C=O) groups is 2. The SMILES string of the molecule is CCOC(=O)c1cc(CC)sc1NC(=O)CNc1cc(F)c(OC)c(F)c1. The van der Waals surface area contributed by atoms with Gasteiger partial charge in [-0.3, -0.25) is 4.79 Å². The van der Waals surface area contributed by atoms with Gasteiger partial charge in [-0.1, -0.05) is 6.92 Å². The predicted octanol–water partition coefficient (Wildman–Crippen LogP) is 3.82. The van der Waals surface area contributed by atoms with Crippen LogP contribution in [0.4, 0.5) is 19.5 Å². The van der Waals surface area contributed by atoms with E-state index in [1.807, 2.05) is 6.92 Å². The fourth-order valence-corrected chi connectivity index (χ4v) is 3.28. The van der Waals surface area contributed by atoms with E-state index >= 15 is 0 Å². The first-order chi connectivity index (χ1) is 12.9. The number of nitrogens with one attached hydrogen (secondary N) is 2. The number of hydrogen-bond acceptors (Lipinski definition) is 6. The van der Waals surface area contributed by atoms with E-state index in [0.29, 0.717) is 11.4 Å². The van der Waals surface area contributed by atoms with Gasteiger partial charge < -0.3 is 20.1 Å². The molecule has 0 saturated carbocycles.